The lowest BCUT2D eigenvalue weighted by Crippen LogP contribution is -2.36. The van der Waals surface area contributed by atoms with Gasteiger partial charge in [-0.05, 0) is 20.8 Å². The molecule has 1 atom stereocenters. The Balaban J connectivity index is 2.56. The van der Waals surface area contributed by atoms with Crippen LogP contribution >= 0.6 is 11.3 Å². The Hall–Kier alpha value is -1.47. The van der Waals surface area contributed by atoms with Gasteiger partial charge in [0.2, 0.25) is 5.01 Å². The third-order valence-corrected chi connectivity index (χ3v) is 2.96. The third-order valence-electron chi connectivity index (χ3n) is 2.14. The molecule has 1 heterocycles. The number of nitrogens with zero attached hydrogens (tertiary/aromatic N) is 1. The van der Waals surface area contributed by atoms with E-state index in [1.54, 1.807) is 6.92 Å². The van der Waals surface area contributed by atoms with Crippen molar-refractivity contribution in [3.63, 3.8) is 0 Å². The van der Waals surface area contributed by atoms with Crippen LogP contribution in [0.25, 0.3) is 0 Å². The molecule has 6 nitrogen and oxygen atoms in total. The van der Waals surface area contributed by atoms with Crippen molar-refractivity contribution >= 4 is 23.2 Å². The molecular weight excluding hydrogens is 268 g/mol. The van der Waals surface area contributed by atoms with E-state index in [1.165, 1.54) is 5.38 Å². The van der Waals surface area contributed by atoms with E-state index >= 15 is 0 Å². The summed E-state index contributed by atoms with van der Waals surface area (Å²) in [7, 11) is 0. The van der Waals surface area contributed by atoms with Gasteiger partial charge >= 0.3 is 5.97 Å². The van der Waals surface area contributed by atoms with Gasteiger partial charge < -0.3 is 14.8 Å². The molecule has 0 aromatic carbocycles. The highest BCUT2D eigenvalue weighted by molar-refractivity contribution is 7.11. The molecule has 0 fully saturated rings. The SMILES string of the molecule is CCOCC(C)NC(=O)c1csc(C(=O)OCC)n1. The standard InChI is InChI=1S/C12H18N2O4S/c1-4-17-6-8(3)13-10(15)9-7-19-11(14-9)12(16)18-5-2/h7-8H,4-6H2,1-3H3,(H,13,15). The van der Waals surface area contributed by atoms with Crippen LogP contribution in [-0.4, -0.2) is 42.7 Å². The topological polar surface area (TPSA) is 77.5 Å². The van der Waals surface area contributed by atoms with Gasteiger partial charge in [0.25, 0.3) is 5.91 Å². The number of carbonyl (C=O) groups is 2. The molecule has 106 valence electrons. The normalized spacial score (nSPS) is 11.9. The molecule has 0 radical (unpaired) electrons. The minimum absolute atomic E-state index is 0.111. The minimum Gasteiger partial charge on any atom is -0.461 e. The van der Waals surface area contributed by atoms with Gasteiger partial charge in [-0.25, -0.2) is 9.78 Å². The van der Waals surface area contributed by atoms with Gasteiger partial charge in [0.1, 0.15) is 5.69 Å². The van der Waals surface area contributed by atoms with Crippen molar-refractivity contribution in [2.75, 3.05) is 19.8 Å². The Morgan fingerprint density at radius 1 is 1.42 bits per heavy atom. The Morgan fingerprint density at radius 3 is 2.79 bits per heavy atom. The summed E-state index contributed by atoms with van der Waals surface area (Å²) >= 11 is 1.09. The van der Waals surface area contributed by atoms with Crippen LogP contribution in [0.5, 0.6) is 0 Å². The Labute approximate surface area is 116 Å². The van der Waals surface area contributed by atoms with Crippen molar-refractivity contribution in [3.05, 3.63) is 16.1 Å². The van der Waals surface area contributed by atoms with Crippen LogP contribution < -0.4 is 5.32 Å². The average molecular weight is 286 g/mol. The van der Waals surface area contributed by atoms with Gasteiger partial charge in [-0.2, -0.15) is 0 Å². The molecule has 1 aromatic rings. The van der Waals surface area contributed by atoms with E-state index in [2.05, 4.69) is 10.3 Å². The Kier molecular flexibility index (Phi) is 6.44. The number of rotatable bonds is 7. The van der Waals surface area contributed by atoms with Gasteiger partial charge in [-0.15, -0.1) is 11.3 Å². The van der Waals surface area contributed by atoms with Crippen molar-refractivity contribution in [3.8, 4) is 0 Å². The van der Waals surface area contributed by atoms with Crippen molar-refractivity contribution < 1.29 is 19.1 Å². The van der Waals surface area contributed by atoms with Crippen molar-refractivity contribution in [1.82, 2.24) is 10.3 Å². The maximum Gasteiger partial charge on any atom is 0.367 e. The zero-order valence-corrected chi connectivity index (χ0v) is 12.1. The second-order valence-corrected chi connectivity index (χ2v) is 4.65. The Bertz CT molecular complexity index is 433. The van der Waals surface area contributed by atoms with E-state index in [0.29, 0.717) is 13.2 Å². The molecule has 1 aromatic heterocycles. The van der Waals surface area contributed by atoms with Crippen LogP contribution in [0.15, 0.2) is 5.38 Å². The van der Waals surface area contributed by atoms with Gasteiger partial charge in [0.15, 0.2) is 0 Å². The minimum atomic E-state index is -0.506. The molecule has 0 aliphatic carbocycles. The highest BCUT2D eigenvalue weighted by Crippen LogP contribution is 2.11. The number of ether oxygens (including phenoxy) is 2. The molecule has 0 saturated carbocycles. The lowest BCUT2D eigenvalue weighted by molar-refractivity contribution is 0.0526. The molecular formula is C12H18N2O4S. The third kappa shape index (κ3) is 4.96. The molecule has 1 amide bonds. The van der Waals surface area contributed by atoms with Gasteiger partial charge in [0, 0.05) is 18.0 Å². The number of esters is 1. The molecule has 1 unspecified atom stereocenters. The van der Waals surface area contributed by atoms with E-state index in [9.17, 15) is 9.59 Å². The second kappa shape index (κ2) is 7.85. The fourth-order valence-electron chi connectivity index (χ4n) is 1.30. The molecule has 7 heteroatoms. The number of nitrogens with one attached hydrogen (secondary N) is 1. The lowest BCUT2D eigenvalue weighted by Gasteiger charge is -2.12. The largest absolute Gasteiger partial charge is 0.461 e. The van der Waals surface area contributed by atoms with Gasteiger partial charge in [0.05, 0.1) is 13.2 Å². The number of carbonyl (C=O) groups excluding carboxylic acids is 2. The van der Waals surface area contributed by atoms with Crippen molar-refractivity contribution in [2.24, 2.45) is 0 Å². The maximum absolute atomic E-state index is 11.8. The molecule has 1 N–H and O–H groups in total. The molecule has 19 heavy (non-hydrogen) atoms. The molecule has 0 bridgehead atoms. The van der Waals surface area contributed by atoms with Crippen molar-refractivity contribution in [2.45, 2.75) is 26.8 Å². The molecule has 0 aliphatic rings. The van der Waals surface area contributed by atoms with Gasteiger partial charge in [-0.3, -0.25) is 4.79 Å². The molecule has 0 spiro atoms. The number of thiazole rings is 1. The fraction of sp³-hybridized carbons (Fsp3) is 0.583. The molecule has 1 rings (SSSR count). The van der Waals surface area contributed by atoms with Gasteiger partial charge in [-0.1, -0.05) is 0 Å². The molecule has 0 saturated heterocycles. The zero-order valence-electron chi connectivity index (χ0n) is 11.3. The second-order valence-electron chi connectivity index (χ2n) is 3.79. The van der Waals surface area contributed by atoms with Crippen LogP contribution in [0.1, 0.15) is 41.1 Å². The first-order valence-corrected chi connectivity index (χ1v) is 6.97. The van der Waals surface area contributed by atoms with Crippen molar-refractivity contribution in [1.29, 1.82) is 0 Å². The quantitative estimate of drug-likeness (QED) is 0.768. The first-order valence-electron chi connectivity index (χ1n) is 6.09. The van der Waals surface area contributed by atoms with E-state index in [0.717, 1.165) is 11.3 Å². The first-order chi connectivity index (χ1) is 9.08. The van der Waals surface area contributed by atoms with Crippen LogP contribution in [0.4, 0.5) is 0 Å². The summed E-state index contributed by atoms with van der Waals surface area (Å²) in [6.07, 6.45) is 0. The van der Waals surface area contributed by atoms with Crippen LogP contribution in [-0.2, 0) is 9.47 Å². The number of aromatic nitrogens is 1. The summed E-state index contributed by atoms with van der Waals surface area (Å²) in [5, 5.41) is 4.46. The predicted molar refractivity (Wildman–Crippen MR) is 71.5 cm³/mol. The van der Waals surface area contributed by atoms with E-state index < -0.39 is 5.97 Å². The van der Waals surface area contributed by atoms with E-state index in [-0.39, 0.29) is 29.3 Å². The number of hydrogen-bond donors (Lipinski definition) is 1. The number of amides is 1. The van der Waals surface area contributed by atoms with Crippen LogP contribution in [0, 0.1) is 0 Å². The summed E-state index contributed by atoms with van der Waals surface area (Å²) in [6.45, 7) is 6.77. The summed E-state index contributed by atoms with van der Waals surface area (Å²) in [6, 6.07) is -0.111. The summed E-state index contributed by atoms with van der Waals surface area (Å²) in [5.74, 6) is -0.826. The monoisotopic (exact) mass is 286 g/mol. The zero-order chi connectivity index (χ0) is 14.3. The highest BCUT2D eigenvalue weighted by atomic mass is 32.1. The smallest absolute Gasteiger partial charge is 0.367 e. The first kappa shape index (κ1) is 15.6. The number of hydrogen-bond acceptors (Lipinski definition) is 6. The maximum atomic E-state index is 11.8. The Morgan fingerprint density at radius 2 is 2.16 bits per heavy atom. The summed E-state index contributed by atoms with van der Waals surface area (Å²) < 4.78 is 10.0. The van der Waals surface area contributed by atoms with E-state index in [4.69, 9.17) is 9.47 Å². The highest BCUT2D eigenvalue weighted by Gasteiger charge is 2.17. The summed E-state index contributed by atoms with van der Waals surface area (Å²) in [4.78, 5) is 27.2. The average Bonchev–Trinajstić information content (AvgIpc) is 2.86. The predicted octanol–water partition coefficient (Wildman–Crippen LogP) is 1.47. The van der Waals surface area contributed by atoms with Crippen LogP contribution in [0.2, 0.25) is 0 Å². The van der Waals surface area contributed by atoms with E-state index in [1.807, 2.05) is 13.8 Å². The summed E-state index contributed by atoms with van der Waals surface area (Å²) in [5.41, 5.74) is 0.219. The fourth-order valence-corrected chi connectivity index (χ4v) is 1.99. The molecule has 0 aliphatic heterocycles. The lowest BCUT2D eigenvalue weighted by atomic mass is 10.3. The van der Waals surface area contributed by atoms with Crippen LogP contribution in [0.3, 0.4) is 0 Å².